The van der Waals surface area contributed by atoms with Crippen LogP contribution in [0.1, 0.15) is 22.3 Å². The highest BCUT2D eigenvalue weighted by Gasteiger charge is 2.46. The van der Waals surface area contributed by atoms with Crippen LogP contribution in [0.3, 0.4) is 0 Å². The van der Waals surface area contributed by atoms with Crippen LogP contribution in [0.2, 0.25) is 0 Å². The molecule has 0 atom stereocenters. The van der Waals surface area contributed by atoms with Crippen LogP contribution >= 0.6 is 11.3 Å². The van der Waals surface area contributed by atoms with Gasteiger partial charge in [0.05, 0.1) is 11.1 Å². The molecule has 10 rings (SSSR count). The van der Waals surface area contributed by atoms with E-state index in [-0.39, 0.29) is 0 Å². The van der Waals surface area contributed by atoms with Gasteiger partial charge in [-0.15, -0.1) is 11.3 Å². The van der Waals surface area contributed by atoms with Crippen molar-refractivity contribution < 1.29 is 0 Å². The zero-order chi connectivity index (χ0) is 33.8. The van der Waals surface area contributed by atoms with Crippen molar-refractivity contribution >= 4 is 48.6 Å². The number of fused-ring (bicyclic) bond motifs is 6. The molecule has 1 aliphatic carbocycles. The highest BCUT2D eigenvalue weighted by Crippen LogP contribution is 2.57. The van der Waals surface area contributed by atoms with Crippen LogP contribution in [-0.4, -0.2) is 0 Å². The highest BCUT2D eigenvalue weighted by atomic mass is 32.1. The summed E-state index contributed by atoms with van der Waals surface area (Å²) in [6.07, 6.45) is 0. The van der Waals surface area contributed by atoms with E-state index in [1.54, 1.807) is 0 Å². The molecule has 1 nitrogen and oxygen atoms in total. The number of thiophene rings is 1. The SMILES string of the molecule is c1ccc(-c2ccc3sc4ccccc4c3c2N(c2ccccc2)c2cccc(C3(c4ccccc4)c4ccccc4-c4ccccc43)c2)cc1. The van der Waals surface area contributed by atoms with Gasteiger partial charge in [0, 0.05) is 37.1 Å². The molecular weight excluding hydrogens is 635 g/mol. The first-order chi connectivity index (χ1) is 25.3. The average molecular weight is 668 g/mol. The molecule has 8 aromatic carbocycles. The van der Waals surface area contributed by atoms with E-state index in [9.17, 15) is 0 Å². The molecule has 0 spiro atoms. The highest BCUT2D eigenvalue weighted by molar-refractivity contribution is 7.26. The third kappa shape index (κ3) is 4.54. The van der Waals surface area contributed by atoms with Crippen molar-refractivity contribution in [3.8, 4) is 22.3 Å². The second-order valence-electron chi connectivity index (χ2n) is 13.2. The molecule has 0 aliphatic heterocycles. The fourth-order valence-electron chi connectivity index (χ4n) is 8.46. The zero-order valence-electron chi connectivity index (χ0n) is 27.9. The molecule has 0 saturated carbocycles. The Morgan fingerprint density at radius 1 is 0.392 bits per heavy atom. The van der Waals surface area contributed by atoms with Crippen molar-refractivity contribution in [3.05, 3.63) is 222 Å². The van der Waals surface area contributed by atoms with Crippen molar-refractivity contribution in [1.82, 2.24) is 0 Å². The van der Waals surface area contributed by atoms with Gasteiger partial charge in [0.25, 0.3) is 0 Å². The lowest BCUT2D eigenvalue weighted by Crippen LogP contribution is -2.28. The Balaban J connectivity index is 1.31. The van der Waals surface area contributed by atoms with E-state index in [0.29, 0.717) is 0 Å². The van der Waals surface area contributed by atoms with Crippen molar-refractivity contribution in [1.29, 1.82) is 0 Å². The zero-order valence-corrected chi connectivity index (χ0v) is 28.7. The molecule has 1 aliphatic rings. The quantitative estimate of drug-likeness (QED) is 0.171. The molecule has 0 amide bonds. The molecule has 0 bridgehead atoms. The Kier molecular flexibility index (Phi) is 6.97. The van der Waals surface area contributed by atoms with Crippen molar-refractivity contribution in [3.63, 3.8) is 0 Å². The molecule has 0 fully saturated rings. The molecule has 0 radical (unpaired) electrons. The maximum atomic E-state index is 2.50. The first-order valence-corrected chi connectivity index (χ1v) is 18.3. The van der Waals surface area contributed by atoms with Gasteiger partial charge in [0.15, 0.2) is 0 Å². The van der Waals surface area contributed by atoms with Crippen LogP contribution in [-0.2, 0) is 5.41 Å². The van der Waals surface area contributed by atoms with E-state index in [0.717, 1.165) is 11.4 Å². The Hall–Kier alpha value is -6.22. The van der Waals surface area contributed by atoms with Crippen molar-refractivity contribution in [2.24, 2.45) is 0 Å². The third-order valence-electron chi connectivity index (χ3n) is 10.5. The van der Waals surface area contributed by atoms with E-state index in [2.05, 4.69) is 205 Å². The van der Waals surface area contributed by atoms with Gasteiger partial charge in [-0.25, -0.2) is 0 Å². The fraction of sp³-hybridized carbons (Fsp3) is 0.0204. The molecule has 0 N–H and O–H groups in total. The Labute approximate surface area is 302 Å². The van der Waals surface area contributed by atoms with Gasteiger partial charge >= 0.3 is 0 Å². The summed E-state index contributed by atoms with van der Waals surface area (Å²) in [6.45, 7) is 0. The molecule has 1 aromatic heterocycles. The maximum Gasteiger partial charge on any atom is 0.0714 e. The van der Waals surface area contributed by atoms with E-state index < -0.39 is 5.41 Å². The Morgan fingerprint density at radius 2 is 0.961 bits per heavy atom. The Morgan fingerprint density at radius 3 is 1.69 bits per heavy atom. The van der Waals surface area contributed by atoms with Gasteiger partial charge in [-0.05, 0) is 75.3 Å². The molecular formula is C49H33NS. The number of para-hydroxylation sites is 1. The topological polar surface area (TPSA) is 3.24 Å². The van der Waals surface area contributed by atoms with Crippen LogP contribution in [0.4, 0.5) is 17.1 Å². The molecule has 1 heterocycles. The normalized spacial score (nSPS) is 12.9. The molecule has 0 unspecified atom stereocenters. The molecule has 51 heavy (non-hydrogen) atoms. The summed E-state index contributed by atoms with van der Waals surface area (Å²) >= 11 is 1.87. The second kappa shape index (κ2) is 12.0. The van der Waals surface area contributed by atoms with E-state index in [1.807, 2.05) is 11.3 Å². The van der Waals surface area contributed by atoms with Crippen molar-refractivity contribution in [2.75, 3.05) is 4.90 Å². The van der Waals surface area contributed by atoms with Crippen LogP contribution < -0.4 is 4.90 Å². The summed E-state index contributed by atoms with van der Waals surface area (Å²) in [7, 11) is 0. The predicted molar refractivity (Wildman–Crippen MR) is 217 cm³/mol. The van der Waals surface area contributed by atoms with Gasteiger partial charge in [-0.3, -0.25) is 0 Å². The lowest BCUT2D eigenvalue weighted by atomic mass is 9.67. The number of hydrogen-bond donors (Lipinski definition) is 0. The van der Waals surface area contributed by atoms with Crippen LogP contribution in [0.25, 0.3) is 42.4 Å². The minimum absolute atomic E-state index is 0.490. The van der Waals surface area contributed by atoms with Crippen LogP contribution in [0.15, 0.2) is 200 Å². The largest absolute Gasteiger partial charge is 0.309 e. The van der Waals surface area contributed by atoms with E-state index >= 15 is 0 Å². The van der Waals surface area contributed by atoms with Gasteiger partial charge < -0.3 is 4.90 Å². The fourth-order valence-corrected chi connectivity index (χ4v) is 9.56. The molecule has 0 saturated heterocycles. The van der Waals surface area contributed by atoms with Gasteiger partial charge in [0.1, 0.15) is 0 Å². The number of hydrogen-bond acceptors (Lipinski definition) is 2. The first kappa shape index (κ1) is 29.7. The lowest BCUT2D eigenvalue weighted by molar-refractivity contribution is 0.768. The van der Waals surface area contributed by atoms with E-state index in [4.69, 9.17) is 0 Å². The minimum atomic E-state index is -0.490. The van der Waals surface area contributed by atoms with Crippen molar-refractivity contribution in [2.45, 2.75) is 5.41 Å². The standard InChI is InChI=1S/C49H33NS/c1-4-17-34(18-5-1)39-31-32-46-47(42-27-12-15-30-45(42)51-46)48(39)50(37-22-8-3-9-23-37)38-24-16-21-36(33-38)49(35-19-6-2-7-20-35)43-28-13-10-25-40(43)41-26-11-14-29-44(41)49/h1-33H. The third-order valence-corrected chi connectivity index (χ3v) is 11.7. The smallest absolute Gasteiger partial charge is 0.0714 e. The maximum absolute atomic E-state index is 2.50. The summed E-state index contributed by atoms with van der Waals surface area (Å²) in [5, 5.41) is 2.56. The molecule has 9 aromatic rings. The summed E-state index contributed by atoms with van der Waals surface area (Å²) in [5.74, 6) is 0. The Bertz CT molecular complexity index is 2650. The number of benzene rings is 8. The lowest BCUT2D eigenvalue weighted by Gasteiger charge is -2.35. The van der Waals surface area contributed by atoms with E-state index in [1.165, 1.54) is 70.4 Å². The van der Waals surface area contributed by atoms with Gasteiger partial charge in [-0.2, -0.15) is 0 Å². The summed E-state index contributed by atoms with van der Waals surface area (Å²) < 4.78 is 2.57. The number of nitrogens with zero attached hydrogens (tertiary/aromatic N) is 1. The molecule has 2 heteroatoms. The predicted octanol–water partition coefficient (Wildman–Crippen LogP) is 13.6. The number of rotatable bonds is 6. The molecule has 240 valence electrons. The van der Waals surface area contributed by atoms with Gasteiger partial charge in [-0.1, -0.05) is 164 Å². The minimum Gasteiger partial charge on any atom is -0.309 e. The van der Waals surface area contributed by atoms with Crippen LogP contribution in [0.5, 0.6) is 0 Å². The monoisotopic (exact) mass is 667 g/mol. The summed E-state index contributed by atoms with van der Waals surface area (Å²) in [6, 6.07) is 73.5. The summed E-state index contributed by atoms with van der Waals surface area (Å²) in [5.41, 5.74) is 13.1. The average Bonchev–Trinajstić information content (AvgIpc) is 3.74. The van der Waals surface area contributed by atoms with Gasteiger partial charge in [0.2, 0.25) is 0 Å². The second-order valence-corrected chi connectivity index (χ2v) is 14.3. The number of anilines is 3. The summed E-state index contributed by atoms with van der Waals surface area (Å²) in [4.78, 5) is 2.50. The van der Waals surface area contributed by atoms with Crippen LogP contribution in [0, 0.1) is 0 Å². The first-order valence-electron chi connectivity index (χ1n) is 17.5.